The van der Waals surface area contributed by atoms with Crippen molar-refractivity contribution in [2.75, 3.05) is 13.7 Å². The second kappa shape index (κ2) is 4.95. The van der Waals surface area contributed by atoms with E-state index in [9.17, 15) is 0 Å². The first kappa shape index (κ1) is 9.29. The van der Waals surface area contributed by atoms with Crippen molar-refractivity contribution in [2.45, 2.75) is 18.9 Å². The number of rotatable bonds is 5. The molecule has 0 fully saturated rings. The summed E-state index contributed by atoms with van der Waals surface area (Å²) in [4.78, 5) is 0. The Bertz CT molecular complexity index is 196. The molecule has 1 rings (SSSR count). The van der Waals surface area contributed by atoms with Crippen LogP contribution in [0.25, 0.3) is 0 Å². The van der Waals surface area contributed by atoms with Crippen molar-refractivity contribution in [3.8, 4) is 0 Å². The van der Waals surface area contributed by atoms with E-state index in [1.165, 1.54) is 0 Å². The first-order valence-electron chi connectivity index (χ1n) is 4.12. The van der Waals surface area contributed by atoms with Gasteiger partial charge >= 0.3 is 0 Å². The van der Waals surface area contributed by atoms with Crippen LogP contribution in [0.3, 0.4) is 0 Å². The van der Waals surface area contributed by atoms with Gasteiger partial charge in [-0.05, 0) is 25.0 Å². The zero-order chi connectivity index (χ0) is 8.81. The summed E-state index contributed by atoms with van der Waals surface area (Å²) in [6.07, 6.45) is 3.52. The summed E-state index contributed by atoms with van der Waals surface area (Å²) in [6.45, 7) is 0.758. The smallest absolute Gasteiger partial charge is 0.120 e. The highest BCUT2D eigenvalue weighted by Gasteiger charge is 2.07. The van der Waals surface area contributed by atoms with Crippen molar-refractivity contribution in [3.63, 3.8) is 0 Å². The third-order valence-corrected chi connectivity index (χ3v) is 1.77. The van der Waals surface area contributed by atoms with Crippen LogP contribution in [0.1, 0.15) is 24.6 Å². The predicted molar refractivity (Wildman–Crippen MR) is 46.7 cm³/mol. The Hall–Kier alpha value is -0.800. The van der Waals surface area contributed by atoms with E-state index < -0.39 is 0 Å². The van der Waals surface area contributed by atoms with Crippen LogP contribution in [-0.4, -0.2) is 13.7 Å². The van der Waals surface area contributed by atoms with E-state index in [4.69, 9.17) is 14.9 Å². The minimum atomic E-state index is 0.00940. The van der Waals surface area contributed by atoms with Crippen LogP contribution in [0, 0.1) is 0 Å². The molecular formula is C9H15NO2. The molecule has 0 radical (unpaired) electrons. The van der Waals surface area contributed by atoms with Crippen molar-refractivity contribution < 1.29 is 9.15 Å². The molecule has 0 amide bonds. The van der Waals surface area contributed by atoms with Crippen LogP contribution < -0.4 is 5.73 Å². The van der Waals surface area contributed by atoms with Gasteiger partial charge in [0.15, 0.2) is 0 Å². The summed E-state index contributed by atoms with van der Waals surface area (Å²) in [5.74, 6) is 0.853. The number of methoxy groups -OCH3 is 1. The fourth-order valence-corrected chi connectivity index (χ4v) is 1.09. The van der Waals surface area contributed by atoms with E-state index in [-0.39, 0.29) is 6.04 Å². The maximum Gasteiger partial charge on any atom is 0.120 e. The Labute approximate surface area is 72.5 Å². The Morgan fingerprint density at radius 3 is 3.08 bits per heavy atom. The fourth-order valence-electron chi connectivity index (χ4n) is 1.09. The van der Waals surface area contributed by atoms with Crippen molar-refractivity contribution in [1.82, 2.24) is 0 Å². The standard InChI is InChI=1S/C9H15NO2/c1-11-6-2-4-8(10)9-5-3-7-12-9/h3,5,7-8H,2,4,6,10H2,1H3. The zero-order valence-corrected chi connectivity index (χ0v) is 7.32. The predicted octanol–water partition coefficient (Wildman–Crippen LogP) is 1.71. The Balaban J connectivity index is 2.25. The molecule has 0 aliphatic carbocycles. The van der Waals surface area contributed by atoms with E-state index in [0.717, 1.165) is 25.2 Å². The van der Waals surface area contributed by atoms with Gasteiger partial charge in [-0.2, -0.15) is 0 Å². The van der Waals surface area contributed by atoms with E-state index in [1.54, 1.807) is 13.4 Å². The molecule has 0 spiro atoms. The highest BCUT2D eigenvalue weighted by Crippen LogP contribution is 2.15. The highest BCUT2D eigenvalue weighted by atomic mass is 16.5. The first-order chi connectivity index (χ1) is 5.84. The number of hydrogen-bond acceptors (Lipinski definition) is 3. The molecule has 0 saturated carbocycles. The molecule has 1 aromatic heterocycles. The van der Waals surface area contributed by atoms with E-state index in [2.05, 4.69) is 0 Å². The van der Waals surface area contributed by atoms with Gasteiger partial charge in [-0.15, -0.1) is 0 Å². The van der Waals surface area contributed by atoms with E-state index in [0.29, 0.717) is 0 Å². The van der Waals surface area contributed by atoms with Crippen LogP contribution in [-0.2, 0) is 4.74 Å². The number of furan rings is 1. The van der Waals surface area contributed by atoms with Crippen molar-refractivity contribution >= 4 is 0 Å². The van der Waals surface area contributed by atoms with Gasteiger partial charge in [-0.25, -0.2) is 0 Å². The lowest BCUT2D eigenvalue weighted by atomic mass is 10.1. The molecule has 3 heteroatoms. The minimum absolute atomic E-state index is 0.00940. The van der Waals surface area contributed by atoms with Gasteiger partial charge < -0.3 is 14.9 Å². The normalized spacial score (nSPS) is 13.2. The molecule has 2 N–H and O–H groups in total. The molecular weight excluding hydrogens is 154 g/mol. The van der Waals surface area contributed by atoms with Gasteiger partial charge in [-0.1, -0.05) is 0 Å². The summed E-state index contributed by atoms with van der Waals surface area (Å²) in [5.41, 5.74) is 5.83. The second-order valence-corrected chi connectivity index (χ2v) is 2.76. The average Bonchev–Trinajstić information content (AvgIpc) is 2.56. The molecule has 0 aliphatic rings. The number of nitrogens with two attached hydrogens (primary N) is 1. The first-order valence-corrected chi connectivity index (χ1v) is 4.12. The maximum atomic E-state index is 5.83. The van der Waals surface area contributed by atoms with Crippen LogP contribution in [0.4, 0.5) is 0 Å². The summed E-state index contributed by atoms with van der Waals surface area (Å²) in [6, 6.07) is 3.76. The van der Waals surface area contributed by atoms with Gasteiger partial charge in [0.1, 0.15) is 5.76 Å². The number of ether oxygens (including phenoxy) is 1. The molecule has 1 heterocycles. The highest BCUT2D eigenvalue weighted by molar-refractivity contribution is 5.02. The molecule has 0 aromatic carbocycles. The fraction of sp³-hybridized carbons (Fsp3) is 0.556. The van der Waals surface area contributed by atoms with Crippen LogP contribution >= 0.6 is 0 Å². The summed E-state index contributed by atoms with van der Waals surface area (Å²) < 4.78 is 10.1. The average molecular weight is 169 g/mol. The van der Waals surface area contributed by atoms with E-state index in [1.807, 2.05) is 12.1 Å². The largest absolute Gasteiger partial charge is 0.468 e. The summed E-state index contributed by atoms with van der Waals surface area (Å²) in [5, 5.41) is 0. The minimum Gasteiger partial charge on any atom is -0.468 e. The van der Waals surface area contributed by atoms with Crippen LogP contribution in [0.2, 0.25) is 0 Å². The van der Waals surface area contributed by atoms with Gasteiger partial charge in [0.05, 0.1) is 12.3 Å². The molecule has 0 saturated heterocycles. The molecule has 68 valence electrons. The lowest BCUT2D eigenvalue weighted by Gasteiger charge is -2.06. The lowest BCUT2D eigenvalue weighted by molar-refractivity contribution is 0.189. The second-order valence-electron chi connectivity index (χ2n) is 2.76. The summed E-state index contributed by atoms with van der Waals surface area (Å²) in [7, 11) is 1.69. The lowest BCUT2D eigenvalue weighted by Crippen LogP contribution is -2.09. The molecule has 3 nitrogen and oxygen atoms in total. The van der Waals surface area contributed by atoms with Crippen molar-refractivity contribution in [2.24, 2.45) is 5.73 Å². The Morgan fingerprint density at radius 2 is 2.50 bits per heavy atom. The van der Waals surface area contributed by atoms with E-state index >= 15 is 0 Å². The van der Waals surface area contributed by atoms with Crippen molar-refractivity contribution in [1.29, 1.82) is 0 Å². The van der Waals surface area contributed by atoms with Gasteiger partial charge in [0.2, 0.25) is 0 Å². The topological polar surface area (TPSA) is 48.4 Å². The van der Waals surface area contributed by atoms with Gasteiger partial charge in [0, 0.05) is 13.7 Å². The third kappa shape index (κ3) is 2.68. The number of hydrogen-bond donors (Lipinski definition) is 1. The van der Waals surface area contributed by atoms with Gasteiger partial charge in [0.25, 0.3) is 0 Å². The quantitative estimate of drug-likeness (QED) is 0.682. The van der Waals surface area contributed by atoms with Crippen LogP contribution in [0.5, 0.6) is 0 Å². The van der Waals surface area contributed by atoms with Crippen LogP contribution in [0.15, 0.2) is 22.8 Å². The molecule has 1 atom stereocenters. The summed E-state index contributed by atoms with van der Waals surface area (Å²) >= 11 is 0. The maximum absolute atomic E-state index is 5.83. The Kier molecular flexibility index (Phi) is 3.84. The molecule has 0 bridgehead atoms. The SMILES string of the molecule is COCCCC(N)c1ccco1. The van der Waals surface area contributed by atoms with Crippen molar-refractivity contribution in [3.05, 3.63) is 24.2 Å². The van der Waals surface area contributed by atoms with Gasteiger partial charge in [-0.3, -0.25) is 0 Å². The zero-order valence-electron chi connectivity index (χ0n) is 7.32. The molecule has 1 aromatic rings. The third-order valence-electron chi connectivity index (χ3n) is 1.77. The monoisotopic (exact) mass is 169 g/mol. The molecule has 0 aliphatic heterocycles. The Morgan fingerprint density at radius 1 is 1.67 bits per heavy atom. The molecule has 12 heavy (non-hydrogen) atoms. The molecule has 1 unspecified atom stereocenters.